The van der Waals surface area contributed by atoms with Gasteiger partial charge in [0, 0.05) is 0 Å². The van der Waals surface area contributed by atoms with Gasteiger partial charge < -0.3 is 0 Å². The maximum atomic E-state index is 10.7. The summed E-state index contributed by atoms with van der Waals surface area (Å²) in [4.78, 5) is 0. The maximum Gasteiger partial charge on any atom is 3.00 e. The molecule has 0 rings (SSSR count). The van der Waals surface area contributed by atoms with Gasteiger partial charge in [0.25, 0.3) is 0 Å². The van der Waals surface area contributed by atoms with Gasteiger partial charge in [-0.15, -0.1) is 0 Å². The van der Waals surface area contributed by atoms with Crippen LogP contribution < -0.4 is 0 Å². The van der Waals surface area contributed by atoms with Crippen LogP contribution >= 0.6 is 0 Å². The molecule has 0 unspecified atom stereocenters. The zero-order valence-electron chi connectivity index (χ0n) is 3.59. The normalized spacial score (nSPS) is 12.4. The Morgan fingerprint density at radius 2 is 1.33 bits per heavy atom. The Morgan fingerprint density at radius 3 is 1.33 bits per heavy atom. The van der Waals surface area contributed by atoms with Crippen molar-refractivity contribution in [2.75, 3.05) is 0 Å². The standard InChI is InChI=1S/CHF3O3S.Er/c2-1(3,4)8(5,6)7;/h(H,5,6,7);/q;+3. The Bertz CT molecular complexity index is 168. The van der Waals surface area contributed by atoms with E-state index in [0.717, 1.165) is 0 Å². The molecule has 0 atom stereocenters. The average molecular weight is 317 g/mol. The van der Waals surface area contributed by atoms with Crippen LogP contribution in [0.4, 0.5) is 13.2 Å². The molecule has 3 nitrogen and oxygen atoms in total. The van der Waals surface area contributed by atoms with E-state index >= 15 is 0 Å². The largest absolute Gasteiger partial charge is 3.00 e. The molecule has 0 heterocycles. The number of alkyl halides is 3. The van der Waals surface area contributed by atoms with E-state index in [0.29, 0.717) is 0 Å². The molecular weight excluding hydrogens is 316 g/mol. The van der Waals surface area contributed by atoms with Crippen molar-refractivity contribution < 1.29 is 63.4 Å². The van der Waals surface area contributed by atoms with Gasteiger partial charge in [-0.1, -0.05) is 0 Å². The predicted octanol–water partition coefficient (Wildman–Crippen LogP) is 0.394. The third-order valence-corrected chi connectivity index (χ3v) is 0.877. The van der Waals surface area contributed by atoms with Gasteiger partial charge in [-0.2, -0.15) is 21.6 Å². The second-order valence-corrected chi connectivity index (χ2v) is 2.33. The number of halogens is 3. The summed E-state index contributed by atoms with van der Waals surface area (Å²) in [5.41, 5.74) is -5.53. The number of rotatable bonds is 0. The number of hydrogen-bond donors (Lipinski definition) is 1. The Labute approximate surface area is 78.6 Å². The third kappa shape index (κ3) is 4.36. The predicted molar refractivity (Wildman–Crippen MR) is 17.6 cm³/mol. The van der Waals surface area contributed by atoms with E-state index < -0.39 is 15.6 Å². The second kappa shape index (κ2) is 3.37. The molecule has 0 spiro atoms. The fraction of sp³-hybridized carbons (Fsp3) is 1.00. The van der Waals surface area contributed by atoms with Crippen molar-refractivity contribution in [3.63, 3.8) is 0 Å². The van der Waals surface area contributed by atoms with Crippen molar-refractivity contribution in [1.82, 2.24) is 0 Å². The summed E-state index contributed by atoms with van der Waals surface area (Å²) in [5, 5.41) is 0. The van der Waals surface area contributed by atoms with Crippen LogP contribution in [0.3, 0.4) is 0 Å². The van der Waals surface area contributed by atoms with Crippen LogP contribution in [0.2, 0.25) is 0 Å². The van der Waals surface area contributed by atoms with Gasteiger partial charge in [-0.3, -0.25) is 4.55 Å². The molecule has 0 aromatic heterocycles. The first-order chi connectivity index (χ1) is 3.25. The van der Waals surface area contributed by atoms with E-state index in [4.69, 9.17) is 13.0 Å². The molecule has 59 valence electrons. The van der Waals surface area contributed by atoms with E-state index in [9.17, 15) is 13.2 Å². The molecule has 0 aliphatic carbocycles. The van der Waals surface area contributed by atoms with Gasteiger partial charge in [-0.25, -0.2) is 0 Å². The molecule has 0 aromatic carbocycles. The zero-order chi connectivity index (χ0) is 7.00. The van der Waals surface area contributed by atoms with E-state index in [-0.39, 0.29) is 37.3 Å². The van der Waals surface area contributed by atoms with Crippen LogP contribution in [0.15, 0.2) is 0 Å². The molecule has 0 fully saturated rings. The first-order valence-corrected chi connectivity index (χ1v) is 2.73. The zero-order valence-corrected chi connectivity index (χ0v) is 6.26. The maximum absolute atomic E-state index is 10.7. The molecular formula is CHErF3O3S+3. The van der Waals surface area contributed by atoms with Crippen LogP contribution in [0, 0.1) is 37.3 Å². The van der Waals surface area contributed by atoms with E-state index in [1.807, 2.05) is 0 Å². The van der Waals surface area contributed by atoms with Gasteiger partial charge in [-0.05, 0) is 0 Å². The SMILES string of the molecule is O=S(=O)(O)C(F)(F)F.[Er+3]. The second-order valence-electron chi connectivity index (χ2n) is 0.921. The van der Waals surface area contributed by atoms with Crippen LogP contribution in [0.1, 0.15) is 0 Å². The molecule has 0 amide bonds. The van der Waals surface area contributed by atoms with Crippen LogP contribution in [-0.2, 0) is 10.1 Å². The smallest absolute Gasteiger partial charge is 0.279 e. The Kier molecular flexibility index (Phi) is 4.72. The molecule has 1 N–H and O–H groups in total. The molecule has 8 heteroatoms. The van der Waals surface area contributed by atoms with Gasteiger partial charge in [0.05, 0.1) is 0 Å². The summed E-state index contributed by atoms with van der Waals surface area (Å²) < 4.78 is 57.5. The van der Waals surface area contributed by atoms with E-state index in [1.165, 1.54) is 0 Å². The van der Waals surface area contributed by atoms with Crippen molar-refractivity contribution in [1.29, 1.82) is 0 Å². The van der Waals surface area contributed by atoms with Crippen molar-refractivity contribution >= 4 is 10.1 Å². The number of hydrogen-bond acceptors (Lipinski definition) is 2. The first kappa shape index (κ1) is 12.6. The topological polar surface area (TPSA) is 54.4 Å². The summed E-state index contributed by atoms with van der Waals surface area (Å²) in [7, 11) is -5.84. The molecule has 9 heavy (non-hydrogen) atoms. The van der Waals surface area contributed by atoms with Gasteiger partial charge in [0.15, 0.2) is 0 Å². The van der Waals surface area contributed by atoms with Crippen LogP contribution in [0.5, 0.6) is 0 Å². The quantitative estimate of drug-likeness (QED) is 0.520. The van der Waals surface area contributed by atoms with Crippen molar-refractivity contribution in [3.8, 4) is 0 Å². The third-order valence-electron chi connectivity index (χ3n) is 0.292. The fourth-order valence-corrected chi connectivity index (χ4v) is 0. The minimum atomic E-state index is -5.84. The Morgan fingerprint density at radius 1 is 1.22 bits per heavy atom. The Hall–Kier alpha value is 0.947. The molecule has 0 saturated heterocycles. The monoisotopic (exact) mass is 316 g/mol. The average Bonchev–Trinajstić information content (AvgIpc) is 1.25. The summed E-state index contributed by atoms with van der Waals surface area (Å²) in [6, 6.07) is 0. The minimum Gasteiger partial charge on any atom is -0.279 e. The molecule has 0 aliphatic heterocycles. The summed E-state index contributed by atoms with van der Waals surface area (Å²) in [5.74, 6) is 0. The van der Waals surface area contributed by atoms with Crippen molar-refractivity contribution in [2.24, 2.45) is 0 Å². The molecule has 0 bridgehead atoms. The first-order valence-electron chi connectivity index (χ1n) is 1.29. The summed E-state index contributed by atoms with van der Waals surface area (Å²) >= 11 is 0. The molecule has 0 aliphatic rings. The molecule has 0 saturated carbocycles. The molecule has 0 aromatic rings. The Balaban J connectivity index is 0. The fourth-order valence-electron chi connectivity index (χ4n) is 0. The van der Waals surface area contributed by atoms with E-state index in [1.54, 1.807) is 0 Å². The van der Waals surface area contributed by atoms with Crippen molar-refractivity contribution in [3.05, 3.63) is 0 Å². The molecule has 1 radical (unpaired) electrons. The minimum absolute atomic E-state index is 0. The van der Waals surface area contributed by atoms with Crippen LogP contribution in [0.25, 0.3) is 0 Å². The van der Waals surface area contributed by atoms with Crippen molar-refractivity contribution in [2.45, 2.75) is 5.51 Å². The van der Waals surface area contributed by atoms with Gasteiger partial charge >= 0.3 is 52.9 Å². The summed E-state index contributed by atoms with van der Waals surface area (Å²) in [6.07, 6.45) is 0. The van der Waals surface area contributed by atoms with E-state index in [2.05, 4.69) is 0 Å². The van der Waals surface area contributed by atoms with Crippen LogP contribution in [-0.4, -0.2) is 18.5 Å². The van der Waals surface area contributed by atoms with Gasteiger partial charge in [0.1, 0.15) is 0 Å². The van der Waals surface area contributed by atoms with Gasteiger partial charge in [0.2, 0.25) is 0 Å². The summed E-state index contributed by atoms with van der Waals surface area (Å²) in [6.45, 7) is 0.